The summed E-state index contributed by atoms with van der Waals surface area (Å²) in [7, 11) is 0. The van der Waals surface area contributed by atoms with E-state index in [4.69, 9.17) is 0 Å². The van der Waals surface area contributed by atoms with Gasteiger partial charge in [0, 0.05) is 6.42 Å². The van der Waals surface area contributed by atoms with Gasteiger partial charge in [-0.3, -0.25) is 4.79 Å². The number of hydrogen-bond donors (Lipinski definition) is 1. The number of rotatable bonds is 3. The minimum absolute atomic E-state index is 0.0369. The smallest absolute Gasteiger partial charge is 0.264 e. The minimum atomic E-state index is -0.0369. The van der Waals surface area contributed by atoms with Crippen molar-refractivity contribution < 1.29 is 0 Å². The van der Waals surface area contributed by atoms with Crippen molar-refractivity contribution in [2.24, 2.45) is 0 Å². The molecule has 94 valence electrons. The molecule has 1 N–H and O–H groups in total. The van der Waals surface area contributed by atoms with E-state index >= 15 is 0 Å². The first-order valence-corrected chi connectivity index (χ1v) is 7.01. The van der Waals surface area contributed by atoms with Gasteiger partial charge in [0.25, 0.3) is 5.56 Å². The average Bonchev–Trinajstić information content (AvgIpc) is 2.33. The summed E-state index contributed by atoms with van der Waals surface area (Å²) in [5.41, 5.74) is 3.23. The van der Waals surface area contributed by atoms with Crippen LogP contribution in [0, 0.1) is 10.5 Å². The Hall–Kier alpha value is -1.17. The summed E-state index contributed by atoms with van der Waals surface area (Å²) in [6.07, 6.45) is 1.45. The largest absolute Gasteiger partial charge is 0.309 e. The van der Waals surface area contributed by atoms with Crippen molar-refractivity contribution in [3.05, 3.63) is 60.8 Å². The van der Waals surface area contributed by atoms with Gasteiger partial charge in [-0.1, -0.05) is 36.8 Å². The van der Waals surface area contributed by atoms with E-state index in [0.717, 1.165) is 17.9 Å². The predicted molar refractivity (Wildman–Crippen MR) is 80.9 cm³/mol. The summed E-state index contributed by atoms with van der Waals surface area (Å²) >= 11 is 2.05. The zero-order valence-corrected chi connectivity index (χ0v) is 12.6. The maximum atomic E-state index is 11.8. The van der Waals surface area contributed by atoms with Crippen molar-refractivity contribution in [1.82, 2.24) is 9.97 Å². The summed E-state index contributed by atoms with van der Waals surface area (Å²) in [4.78, 5) is 19.1. The molecule has 0 fully saturated rings. The zero-order chi connectivity index (χ0) is 13.1. The SMILES string of the molecule is CCc1nc(Cc2cccc(C)c2)[nH]c(=O)c1I. The molecule has 0 atom stereocenters. The van der Waals surface area contributed by atoms with E-state index < -0.39 is 0 Å². The Morgan fingerprint density at radius 1 is 1.39 bits per heavy atom. The van der Waals surface area contributed by atoms with E-state index in [1.807, 2.05) is 13.0 Å². The molecule has 0 unspecified atom stereocenters. The molecule has 4 heteroatoms. The molecule has 2 aromatic rings. The van der Waals surface area contributed by atoms with E-state index in [2.05, 4.69) is 57.7 Å². The highest BCUT2D eigenvalue weighted by Gasteiger charge is 2.07. The van der Waals surface area contributed by atoms with E-state index in [0.29, 0.717) is 9.99 Å². The predicted octanol–water partition coefficient (Wildman–Crippen LogP) is 2.84. The Labute approximate surface area is 120 Å². The van der Waals surface area contributed by atoms with Crippen LogP contribution in [-0.2, 0) is 12.8 Å². The van der Waals surface area contributed by atoms with E-state index in [-0.39, 0.29) is 5.56 Å². The highest BCUT2D eigenvalue weighted by atomic mass is 127. The number of aromatic nitrogens is 2. The van der Waals surface area contributed by atoms with Crippen molar-refractivity contribution in [1.29, 1.82) is 0 Å². The fraction of sp³-hybridized carbons (Fsp3) is 0.286. The van der Waals surface area contributed by atoms with Crippen LogP contribution in [0.15, 0.2) is 29.1 Å². The van der Waals surface area contributed by atoms with Gasteiger partial charge in [-0.15, -0.1) is 0 Å². The number of H-pyrrole nitrogens is 1. The Balaban J connectivity index is 2.35. The normalized spacial score (nSPS) is 10.6. The molecule has 0 spiro atoms. The Morgan fingerprint density at radius 2 is 2.17 bits per heavy atom. The molecule has 0 aliphatic carbocycles. The third-order valence-corrected chi connectivity index (χ3v) is 3.88. The first-order valence-electron chi connectivity index (χ1n) is 5.93. The minimum Gasteiger partial charge on any atom is -0.309 e. The van der Waals surface area contributed by atoms with Crippen LogP contribution in [-0.4, -0.2) is 9.97 Å². The number of nitrogens with zero attached hydrogens (tertiary/aromatic N) is 1. The van der Waals surface area contributed by atoms with Gasteiger partial charge in [0.2, 0.25) is 0 Å². The van der Waals surface area contributed by atoms with Crippen LogP contribution in [0.5, 0.6) is 0 Å². The lowest BCUT2D eigenvalue weighted by molar-refractivity contribution is 0.875. The topological polar surface area (TPSA) is 45.8 Å². The summed E-state index contributed by atoms with van der Waals surface area (Å²) < 4.78 is 0.697. The summed E-state index contributed by atoms with van der Waals surface area (Å²) in [6, 6.07) is 8.25. The van der Waals surface area contributed by atoms with E-state index in [9.17, 15) is 4.79 Å². The average molecular weight is 354 g/mol. The van der Waals surface area contributed by atoms with Gasteiger partial charge < -0.3 is 4.98 Å². The molecule has 0 aliphatic rings. The summed E-state index contributed by atoms with van der Waals surface area (Å²) in [5.74, 6) is 0.739. The lowest BCUT2D eigenvalue weighted by atomic mass is 10.1. The highest BCUT2D eigenvalue weighted by molar-refractivity contribution is 14.1. The van der Waals surface area contributed by atoms with E-state index in [1.165, 1.54) is 11.1 Å². The molecule has 1 heterocycles. The van der Waals surface area contributed by atoms with E-state index in [1.54, 1.807) is 0 Å². The summed E-state index contributed by atoms with van der Waals surface area (Å²) in [6.45, 7) is 4.07. The molecule has 0 saturated carbocycles. The number of nitrogens with one attached hydrogen (secondary N) is 1. The Kier molecular flexibility index (Phi) is 4.16. The molecule has 2 rings (SSSR count). The van der Waals surface area contributed by atoms with Crippen LogP contribution in [0.3, 0.4) is 0 Å². The second-order valence-electron chi connectivity index (χ2n) is 4.29. The third-order valence-electron chi connectivity index (χ3n) is 2.77. The fourth-order valence-corrected chi connectivity index (χ4v) is 2.53. The Bertz CT molecular complexity index is 619. The molecule has 0 radical (unpaired) electrons. The monoisotopic (exact) mass is 354 g/mol. The lowest BCUT2D eigenvalue weighted by Gasteiger charge is -2.06. The van der Waals surface area contributed by atoms with Crippen LogP contribution in [0.2, 0.25) is 0 Å². The van der Waals surface area contributed by atoms with Gasteiger partial charge in [-0.25, -0.2) is 4.98 Å². The third kappa shape index (κ3) is 2.98. The zero-order valence-electron chi connectivity index (χ0n) is 10.5. The maximum Gasteiger partial charge on any atom is 0.264 e. The second kappa shape index (κ2) is 5.65. The molecule has 0 saturated heterocycles. The van der Waals surface area contributed by atoms with Crippen molar-refractivity contribution in [2.75, 3.05) is 0 Å². The van der Waals surface area contributed by atoms with Crippen molar-refractivity contribution in [2.45, 2.75) is 26.7 Å². The Morgan fingerprint density at radius 3 is 2.83 bits per heavy atom. The van der Waals surface area contributed by atoms with Gasteiger partial charge in [-0.05, 0) is 41.5 Å². The number of halogens is 1. The van der Waals surface area contributed by atoms with Gasteiger partial charge in [0.15, 0.2) is 0 Å². The van der Waals surface area contributed by atoms with Gasteiger partial charge >= 0.3 is 0 Å². The van der Waals surface area contributed by atoms with Crippen molar-refractivity contribution >= 4 is 22.6 Å². The van der Waals surface area contributed by atoms with Gasteiger partial charge in [0.05, 0.1) is 9.26 Å². The summed E-state index contributed by atoms with van der Waals surface area (Å²) in [5, 5.41) is 0. The molecular weight excluding hydrogens is 339 g/mol. The molecule has 0 aliphatic heterocycles. The molecule has 0 bridgehead atoms. The van der Waals surface area contributed by atoms with Crippen LogP contribution in [0.1, 0.15) is 29.6 Å². The van der Waals surface area contributed by atoms with Gasteiger partial charge in [0.1, 0.15) is 5.82 Å². The second-order valence-corrected chi connectivity index (χ2v) is 5.37. The number of aromatic amines is 1. The van der Waals surface area contributed by atoms with Crippen LogP contribution >= 0.6 is 22.6 Å². The number of hydrogen-bond acceptors (Lipinski definition) is 2. The maximum absolute atomic E-state index is 11.8. The van der Waals surface area contributed by atoms with Crippen LogP contribution in [0.25, 0.3) is 0 Å². The van der Waals surface area contributed by atoms with Gasteiger partial charge in [-0.2, -0.15) is 0 Å². The quantitative estimate of drug-likeness (QED) is 0.862. The standard InChI is InChI=1S/C14H15IN2O/c1-3-11-13(15)14(18)17-12(16-11)8-10-6-4-5-9(2)7-10/h4-7H,3,8H2,1-2H3,(H,16,17,18). The van der Waals surface area contributed by atoms with Crippen molar-refractivity contribution in [3.63, 3.8) is 0 Å². The molecule has 1 aromatic heterocycles. The molecule has 0 amide bonds. The molecule has 3 nitrogen and oxygen atoms in total. The molecular formula is C14H15IN2O. The van der Waals surface area contributed by atoms with Crippen molar-refractivity contribution in [3.8, 4) is 0 Å². The first-order chi connectivity index (χ1) is 8.60. The van der Waals surface area contributed by atoms with Crippen LogP contribution < -0.4 is 5.56 Å². The molecule has 18 heavy (non-hydrogen) atoms. The molecule has 1 aromatic carbocycles. The van der Waals surface area contributed by atoms with Crippen LogP contribution in [0.4, 0.5) is 0 Å². The number of benzene rings is 1. The number of aryl methyl sites for hydroxylation is 2. The lowest BCUT2D eigenvalue weighted by Crippen LogP contribution is -2.18. The first kappa shape index (κ1) is 13.3. The fourth-order valence-electron chi connectivity index (χ4n) is 1.89. The highest BCUT2D eigenvalue weighted by Crippen LogP contribution is 2.10.